The van der Waals surface area contributed by atoms with Crippen molar-refractivity contribution in [3.8, 4) is 0 Å². The van der Waals surface area contributed by atoms with Gasteiger partial charge in [-0.3, -0.25) is 9.25 Å². The van der Waals surface area contributed by atoms with Gasteiger partial charge in [0.15, 0.2) is 0 Å². The molecule has 5 rings (SSSR count). The molecule has 0 amide bonds. The molecule has 0 aliphatic carbocycles. The summed E-state index contributed by atoms with van der Waals surface area (Å²) in [6, 6.07) is 9.10. The van der Waals surface area contributed by atoms with E-state index < -0.39 is 17.2 Å². The van der Waals surface area contributed by atoms with Crippen LogP contribution in [0.1, 0.15) is 11.3 Å². The lowest BCUT2D eigenvalue weighted by molar-refractivity contribution is 0.582. The summed E-state index contributed by atoms with van der Waals surface area (Å²) >= 11 is 6.43. The maximum Gasteiger partial charge on any atom is 0.355 e. The third kappa shape index (κ3) is 4.18. The fraction of sp³-hybridized carbons (Fsp3) is 0.143. The van der Waals surface area contributed by atoms with Gasteiger partial charge in [-0.05, 0) is 29.8 Å². The molecule has 0 radical (unpaired) electrons. The van der Waals surface area contributed by atoms with Crippen LogP contribution in [0.3, 0.4) is 0 Å². The van der Waals surface area contributed by atoms with Crippen LogP contribution in [-0.4, -0.2) is 39.3 Å². The molecule has 5 aromatic rings. The Balaban J connectivity index is 1.61. The van der Waals surface area contributed by atoms with Crippen LogP contribution >= 0.6 is 11.6 Å². The molecule has 0 bridgehead atoms. The normalized spacial score (nSPS) is 11.3. The molecule has 0 aliphatic rings. The van der Waals surface area contributed by atoms with Gasteiger partial charge in [-0.2, -0.15) is 25.5 Å². The van der Waals surface area contributed by atoms with E-state index in [1.165, 1.54) is 22.9 Å². The summed E-state index contributed by atoms with van der Waals surface area (Å²) in [6.45, 7) is -0.0897. The minimum Gasteiger partial charge on any atom is -0.324 e. The molecule has 0 unspecified atom stereocenters. The van der Waals surface area contributed by atoms with Crippen molar-refractivity contribution in [1.82, 2.24) is 39.3 Å². The van der Waals surface area contributed by atoms with Crippen molar-refractivity contribution in [1.29, 1.82) is 0 Å². The fourth-order valence-corrected chi connectivity index (χ4v) is 3.73. The summed E-state index contributed by atoms with van der Waals surface area (Å²) in [5, 5.41) is 18.5. The molecular weight excluding hydrogens is 465 g/mol. The largest absolute Gasteiger partial charge is 0.355 e. The molecule has 2 aromatic carbocycles. The lowest BCUT2D eigenvalue weighted by atomic mass is 10.2. The van der Waals surface area contributed by atoms with Gasteiger partial charge in [0, 0.05) is 18.6 Å². The molecule has 0 aliphatic heterocycles. The van der Waals surface area contributed by atoms with Gasteiger partial charge >= 0.3 is 11.4 Å². The molecule has 0 spiro atoms. The predicted octanol–water partition coefficient (Wildman–Crippen LogP) is 2.04. The number of nitrogens with zero attached hydrogens (tertiary/aromatic N) is 7. The molecule has 34 heavy (non-hydrogen) atoms. The van der Waals surface area contributed by atoms with Crippen LogP contribution < -0.4 is 16.7 Å². The molecule has 0 saturated carbocycles. The molecular formula is C21H17ClFN9O2. The van der Waals surface area contributed by atoms with Gasteiger partial charge in [-0.15, -0.1) is 0 Å². The molecule has 0 saturated heterocycles. The van der Waals surface area contributed by atoms with E-state index in [0.29, 0.717) is 27.5 Å². The SMILES string of the molecule is Cn1cc2cc(Nc3nc(=O)n(Cc4cn[nH]n4)c(=O)n3Cc3ccc(F)cc3)c(Cl)cc2n1. The van der Waals surface area contributed by atoms with Gasteiger partial charge in [0.05, 0.1) is 35.5 Å². The van der Waals surface area contributed by atoms with Gasteiger partial charge < -0.3 is 5.32 Å². The Labute approximate surface area is 195 Å². The number of nitrogens with one attached hydrogen (secondary N) is 2. The van der Waals surface area contributed by atoms with Crippen LogP contribution in [0.15, 0.2) is 58.4 Å². The number of aryl methyl sites for hydroxylation is 1. The maximum atomic E-state index is 13.4. The zero-order valence-electron chi connectivity index (χ0n) is 17.7. The second-order valence-corrected chi connectivity index (χ2v) is 7.99. The molecule has 172 valence electrons. The highest BCUT2D eigenvalue weighted by Gasteiger charge is 2.17. The third-order valence-corrected chi connectivity index (χ3v) is 5.46. The molecule has 3 heterocycles. The second kappa shape index (κ2) is 8.56. The number of benzene rings is 2. The number of halogens is 2. The zero-order chi connectivity index (χ0) is 23.8. The van der Waals surface area contributed by atoms with E-state index in [9.17, 15) is 14.0 Å². The first-order valence-corrected chi connectivity index (χ1v) is 10.5. The van der Waals surface area contributed by atoms with Crippen molar-refractivity contribution in [2.24, 2.45) is 7.05 Å². The van der Waals surface area contributed by atoms with Gasteiger partial charge in [0.2, 0.25) is 5.95 Å². The summed E-state index contributed by atoms with van der Waals surface area (Å²) in [4.78, 5) is 30.2. The van der Waals surface area contributed by atoms with E-state index in [-0.39, 0.29) is 19.0 Å². The Hall–Kier alpha value is -4.32. The van der Waals surface area contributed by atoms with E-state index in [1.807, 2.05) is 6.20 Å². The second-order valence-electron chi connectivity index (χ2n) is 7.58. The van der Waals surface area contributed by atoms with Crippen molar-refractivity contribution in [2.75, 3.05) is 5.32 Å². The van der Waals surface area contributed by atoms with Gasteiger partial charge in [0.25, 0.3) is 0 Å². The van der Waals surface area contributed by atoms with Crippen molar-refractivity contribution in [2.45, 2.75) is 13.1 Å². The first kappa shape index (κ1) is 21.5. The van der Waals surface area contributed by atoms with E-state index in [4.69, 9.17) is 11.6 Å². The third-order valence-electron chi connectivity index (χ3n) is 5.14. The highest BCUT2D eigenvalue weighted by molar-refractivity contribution is 6.34. The Morgan fingerprint density at radius 3 is 2.65 bits per heavy atom. The first-order chi connectivity index (χ1) is 16.4. The van der Waals surface area contributed by atoms with E-state index >= 15 is 0 Å². The zero-order valence-corrected chi connectivity index (χ0v) is 18.5. The quantitative estimate of drug-likeness (QED) is 0.379. The molecule has 0 atom stereocenters. The van der Waals surface area contributed by atoms with E-state index in [2.05, 4.69) is 30.8 Å². The highest BCUT2D eigenvalue weighted by Crippen LogP contribution is 2.29. The van der Waals surface area contributed by atoms with Crippen LogP contribution in [0, 0.1) is 5.82 Å². The van der Waals surface area contributed by atoms with Gasteiger partial charge in [-0.25, -0.2) is 18.5 Å². The number of rotatable bonds is 6. The lowest BCUT2D eigenvalue weighted by Crippen LogP contribution is -2.43. The van der Waals surface area contributed by atoms with Crippen LogP contribution in [0.5, 0.6) is 0 Å². The highest BCUT2D eigenvalue weighted by atomic mass is 35.5. The Kier molecular flexibility index (Phi) is 5.42. The topological polar surface area (TPSA) is 128 Å². The van der Waals surface area contributed by atoms with Gasteiger partial charge in [-0.1, -0.05) is 23.7 Å². The number of hydrogen-bond acceptors (Lipinski definition) is 7. The monoisotopic (exact) mass is 481 g/mol. The fourth-order valence-electron chi connectivity index (χ4n) is 3.52. The molecule has 11 nitrogen and oxygen atoms in total. The smallest absolute Gasteiger partial charge is 0.324 e. The summed E-state index contributed by atoms with van der Waals surface area (Å²) in [5.74, 6) is -0.416. The van der Waals surface area contributed by atoms with Crippen LogP contribution in [-0.2, 0) is 20.1 Å². The summed E-state index contributed by atoms with van der Waals surface area (Å²) < 4.78 is 17.3. The average molecular weight is 482 g/mol. The van der Waals surface area contributed by atoms with Crippen molar-refractivity contribution in [3.05, 3.63) is 91.9 Å². The number of fused-ring (bicyclic) bond motifs is 1. The number of aromatic amines is 1. The lowest BCUT2D eigenvalue weighted by Gasteiger charge is -2.16. The van der Waals surface area contributed by atoms with Gasteiger partial charge in [0.1, 0.15) is 11.5 Å². The minimum atomic E-state index is -0.774. The maximum absolute atomic E-state index is 13.4. The van der Waals surface area contributed by atoms with Crippen LogP contribution in [0.25, 0.3) is 10.9 Å². The number of hydrogen-bond donors (Lipinski definition) is 2. The Morgan fingerprint density at radius 2 is 1.91 bits per heavy atom. The van der Waals surface area contributed by atoms with Crippen molar-refractivity contribution < 1.29 is 4.39 Å². The van der Waals surface area contributed by atoms with E-state index in [1.54, 1.807) is 36.0 Å². The number of aromatic nitrogens is 8. The number of anilines is 2. The van der Waals surface area contributed by atoms with Crippen LogP contribution in [0.2, 0.25) is 5.02 Å². The Bertz CT molecular complexity index is 1600. The number of H-pyrrole nitrogens is 1. The Morgan fingerprint density at radius 1 is 1.12 bits per heavy atom. The summed E-state index contributed by atoms with van der Waals surface area (Å²) in [5.41, 5.74) is 0.750. The summed E-state index contributed by atoms with van der Waals surface area (Å²) in [6.07, 6.45) is 3.22. The summed E-state index contributed by atoms with van der Waals surface area (Å²) in [7, 11) is 1.79. The molecule has 0 fully saturated rings. The molecule has 3 aromatic heterocycles. The van der Waals surface area contributed by atoms with Crippen LogP contribution in [0.4, 0.5) is 16.0 Å². The van der Waals surface area contributed by atoms with Crippen molar-refractivity contribution in [3.63, 3.8) is 0 Å². The van der Waals surface area contributed by atoms with Crippen molar-refractivity contribution >= 4 is 34.1 Å². The average Bonchev–Trinajstić information content (AvgIpc) is 3.44. The minimum absolute atomic E-state index is 0.0131. The first-order valence-electron chi connectivity index (χ1n) is 10.1. The molecule has 2 N–H and O–H groups in total. The standard InChI is InChI=1S/C21H17ClFN9O2/c1-30-10-13-6-18(16(22)7-17(13)28-30)25-19-26-20(33)32(11-15-8-24-29-27-15)21(34)31(19)9-12-2-4-14(23)5-3-12/h2-8,10H,9,11H2,1H3,(H,24,27,29)(H,25,26,33). The predicted molar refractivity (Wildman–Crippen MR) is 123 cm³/mol. The van der Waals surface area contributed by atoms with E-state index in [0.717, 1.165) is 9.95 Å². The molecule has 13 heteroatoms.